The van der Waals surface area contributed by atoms with E-state index in [0.717, 1.165) is 17.5 Å². The maximum Gasteiger partial charge on any atom is 0.238 e. The van der Waals surface area contributed by atoms with Gasteiger partial charge in [-0.3, -0.25) is 4.79 Å². The van der Waals surface area contributed by atoms with Crippen LogP contribution in [0.25, 0.3) is 0 Å². The number of hydrogen-bond acceptors (Lipinski definition) is 3. The Kier molecular flexibility index (Phi) is 5.81. The summed E-state index contributed by atoms with van der Waals surface area (Å²) in [6.45, 7) is 6.65. The zero-order valence-corrected chi connectivity index (χ0v) is 14.9. The van der Waals surface area contributed by atoms with Crippen LogP contribution in [0.5, 0.6) is 0 Å². The van der Waals surface area contributed by atoms with Gasteiger partial charge in [0, 0.05) is 13.1 Å². The van der Waals surface area contributed by atoms with Crippen molar-refractivity contribution < 1.29 is 13.2 Å². The lowest BCUT2D eigenvalue weighted by Gasteiger charge is -2.34. The van der Waals surface area contributed by atoms with Gasteiger partial charge in [0.1, 0.15) is 6.04 Å². The van der Waals surface area contributed by atoms with Gasteiger partial charge < -0.3 is 5.32 Å². The van der Waals surface area contributed by atoms with Gasteiger partial charge in [0.15, 0.2) is 0 Å². The van der Waals surface area contributed by atoms with Crippen LogP contribution in [0.4, 0.5) is 0 Å². The first kappa shape index (κ1) is 17.9. The van der Waals surface area contributed by atoms with Gasteiger partial charge in [0.2, 0.25) is 15.9 Å². The third-order valence-electron chi connectivity index (χ3n) is 4.25. The fourth-order valence-electron chi connectivity index (χ4n) is 2.78. The zero-order chi connectivity index (χ0) is 17.0. The summed E-state index contributed by atoms with van der Waals surface area (Å²) in [5.74, 6) is 0.306. The number of carbonyl (C=O) groups excluding carboxylic acids is 1. The molecule has 1 heterocycles. The standard InChI is InChI=1S/C17H26N2O3S/c1-4-23(21,22)19-12-15-8-6-5-7-14(15)11-16(19)17(20)18-10-9-13(2)3/h5-8,13,16H,4,9-12H2,1-3H3,(H,18,20)/t16-/m1/s1. The summed E-state index contributed by atoms with van der Waals surface area (Å²) in [4.78, 5) is 12.5. The molecule has 1 aromatic rings. The molecule has 0 spiro atoms. The fraction of sp³-hybridized carbons (Fsp3) is 0.588. The summed E-state index contributed by atoms with van der Waals surface area (Å²) < 4.78 is 26.2. The monoisotopic (exact) mass is 338 g/mol. The van der Waals surface area contributed by atoms with Crippen molar-refractivity contribution in [2.45, 2.75) is 46.2 Å². The van der Waals surface area contributed by atoms with Crippen molar-refractivity contribution in [1.29, 1.82) is 0 Å². The molecule has 128 valence electrons. The number of rotatable bonds is 6. The molecule has 0 saturated carbocycles. The molecule has 0 fully saturated rings. The second-order valence-electron chi connectivity index (χ2n) is 6.41. The number of carbonyl (C=O) groups is 1. The molecule has 2 rings (SSSR count). The van der Waals surface area contributed by atoms with E-state index < -0.39 is 16.1 Å². The minimum Gasteiger partial charge on any atom is -0.355 e. The molecule has 0 unspecified atom stereocenters. The van der Waals surface area contributed by atoms with Crippen molar-refractivity contribution in [2.75, 3.05) is 12.3 Å². The smallest absolute Gasteiger partial charge is 0.238 e. The van der Waals surface area contributed by atoms with Gasteiger partial charge in [0.05, 0.1) is 5.75 Å². The van der Waals surface area contributed by atoms with Crippen LogP contribution < -0.4 is 5.32 Å². The minimum absolute atomic E-state index is 0.00490. The number of fused-ring (bicyclic) bond motifs is 1. The molecule has 1 aliphatic rings. The Morgan fingerprint density at radius 1 is 1.30 bits per heavy atom. The summed E-state index contributed by atoms with van der Waals surface area (Å²) >= 11 is 0. The van der Waals surface area contributed by atoms with E-state index >= 15 is 0 Å². The summed E-state index contributed by atoms with van der Waals surface area (Å²) in [7, 11) is -3.43. The van der Waals surface area contributed by atoms with Crippen molar-refractivity contribution in [3.63, 3.8) is 0 Å². The lowest BCUT2D eigenvalue weighted by molar-refractivity contribution is -0.125. The van der Waals surface area contributed by atoms with Crippen LogP contribution in [0.3, 0.4) is 0 Å². The number of nitrogens with one attached hydrogen (secondary N) is 1. The molecule has 23 heavy (non-hydrogen) atoms. The Morgan fingerprint density at radius 3 is 2.57 bits per heavy atom. The molecular weight excluding hydrogens is 312 g/mol. The minimum atomic E-state index is -3.43. The Morgan fingerprint density at radius 2 is 1.96 bits per heavy atom. The van der Waals surface area contributed by atoms with Crippen molar-refractivity contribution in [3.8, 4) is 0 Å². The molecule has 0 saturated heterocycles. The molecule has 1 amide bonds. The highest BCUT2D eigenvalue weighted by Crippen LogP contribution is 2.26. The molecule has 0 radical (unpaired) electrons. The van der Waals surface area contributed by atoms with Crippen molar-refractivity contribution in [2.24, 2.45) is 5.92 Å². The summed E-state index contributed by atoms with van der Waals surface area (Å²) in [5.41, 5.74) is 2.04. The molecule has 0 aromatic heterocycles. The van der Waals surface area contributed by atoms with Crippen LogP contribution >= 0.6 is 0 Å². The molecular formula is C17H26N2O3S. The van der Waals surface area contributed by atoms with Crippen LogP contribution in [0, 0.1) is 5.92 Å². The quantitative estimate of drug-likeness (QED) is 0.862. The Hall–Kier alpha value is -1.40. The SMILES string of the molecule is CCS(=O)(=O)N1Cc2ccccc2C[C@@H]1C(=O)NCCC(C)C. The van der Waals surface area contributed by atoms with Crippen LogP contribution in [0.1, 0.15) is 38.3 Å². The predicted octanol–water partition coefficient (Wildman–Crippen LogP) is 1.93. The van der Waals surface area contributed by atoms with Crippen LogP contribution in [-0.2, 0) is 27.8 Å². The number of amides is 1. The van der Waals surface area contributed by atoms with Gasteiger partial charge >= 0.3 is 0 Å². The van der Waals surface area contributed by atoms with E-state index in [-0.39, 0.29) is 18.2 Å². The first-order valence-electron chi connectivity index (χ1n) is 8.19. The van der Waals surface area contributed by atoms with Crippen molar-refractivity contribution in [3.05, 3.63) is 35.4 Å². The maximum atomic E-state index is 12.5. The molecule has 6 heteroatoms. The van der Waals surface area contributed by atoms with Gasteiger partial charge in [-0.2, -0.15) is 4.31 Å². The fourth-order valence-corrected chi connectivity index (χ4v) is 4.01. The van der Waals surface area contributed by atoms with E-state index in [1.807, 2.05) is 24.3 Å². The highest BCUT2D eigenvalue weighted by Gasteiger charge is 2.37. The number of sulfonamides is 1. The van der Waals surface area contributed by atoms with Gasteiger partial charge in [-0.1, -0.05) is 38.1 Å². The van der Waals surface area contributed by atoms with Crippen LogP contribution in [-0.4, -0.2) is 37.0 Å². The van der Waals surface area contributed by atoms with Gasteiger partial charge in [-0.15, -0.1) is 0 Å². The van der Waals surface area contributed by atoms with Crippen LogP contribution in [0.2, 0.25) is 0 Å². The first-order chi connectivity index (χ1) is 10.8. The number of hydrogen-bond donors (Lipinski definition) is 1. The third-order valence-corrected chi connectivity index (χ3v) is 6.08. The summed E-state index contributed by atoms with van der Waals surface area (Å²) in [6, 6.07) is 7.08. The van der Waals surface area contributed by atoms with Gasteiger partial charge in [-0.25, -0.2) is 8.42 Å². The molecule has 1 atom stereocenters. The van der Waals surface area contributed by atoms with Crippen molar-refractivity contribution >= 4 is 15.9 Å². The van der Waals surface area contributed by atoms with E-state index in [2.05, 4.69) is 19.2 Å². The lowest BCUT2D eigenvalue weighted by Crippen LogP contribution is -2.53. The number of nitrogens with zero attached hydrogens (tertiary/aromatic N) is 1. The Bertz CT molecular complexity index is 656. The van der Waals surface area contributed by atoms with Crippen LogP contribution in [0.15, 0.2) is 24.3 Å². The highest BCUT2D eigenvalue weighted by atomic mass is 32.2. The average molecular weight is 338 g/mol. The Balaban J connectivity index is 2.21. The lowest BCUT2D eigenvalue weighted by atomic mass is 9.95. The zero-order valence-electron chi connectivity index (χ0n) is 14.1. The largest absolute Gasteiger partial charge is 0.355 e. The van der Waals surface area contributed by atoms with Gasteiger partial charge in [-0.05, 0) is 36.8 Å². The third kappa shape index (κ3) is 4.32. The summed E-state index contributed by atoms with van der Waals surface area (Å²) in [5, 5.41) is 2.90. The molecule has 0 aliphatic carbocycles. The van der Waals surface area contributed by atoms with E-state index in [1.165, 1.54) is 4.31 Å². The molecule has 5 nitrogen and oxygen atoms in total. The maximum absolute atomic E-state index is 12.5. The number of benzene rings is 1. The second kappa shape index (κ2) is 7.45. The summed E-state index contributed by atoms with van der Waals surface area (Å²) in [6.07, 6.45) is 1.32. The van der Waals surface area contributed by atoms with E-state index in [4.69, 9.17) is 0 Å². The molecule has 0 bridgehead atoms. The Labute approximate surface area is 139 Å². The molecule has 1 aliphatic heterocycles. The topological polar surface area (TPSA) is 66.5 Å². The first-order valence-corrected chi connectivity index (χ1v) is 9.80. The molecule has 1 N–H and O–H groups in total. The molecule has 1 aromatic carbocycles. The normalized spacial score (nSPS) is 18.7. The van der Waals surface area contributed by atoms with E-state index in [0.29, 0.717) is 18.9 Å². The van der Waals surface area contributed by atoms with Gasteiger partial charge in [0.25, 0.3) is 0 Å². The second-order valence-corrected chi connectivity index (χ2v) is 8.62. The van der Waals surface area contributed by atoms with Crippen molar-refractivity contribution in [1.82, 2.24) is 9.62 Å². The average Bonchev–Trinajstić information content (AvgIpc) is 2.53. The highest BCUT2D eigenvalue weighted by molar-refractivity contribution is 7.89. The van der Waals surface area contributed by atoms with E-state index in [9.17, 15) is 13.2 Å². The predicted molar refractivity (Wildman–Crippen MR) is 91.4 cm³/mol. The van der Waals surface area contributed by atoms with E-state index in [1.54, 1.807) is 6.92 Å².